The molecule has 0 saturated carbocycles. The summed E-state index contributed by atoms with van der Waals surface area (Å²) in [5.41, 5.74) is 4.26. The number of benzene rings is 2. The van der Waals surface area contributed by atoms with Gasteiger partial charge in [-0.3, -0.25) is 0 Å². The Kier molecular flexibility index (Phi) is 8.20. The maximum absolute atomic E-state index is 13.2. The number of allylic oxidation sites excluding steroid dienone is 1. The SMILES string of the molecule is CCCOC(=O)C1=C(C)Nc2nc(SCC)nn2C1c1ccc(OCc2ccc(C)cc2)c(OC)c1. The van der Waals surface area contributed by atoms with Gasteiger partial charge in [0.25, 0.3) is 0 Å². The number of esters is 1. The molecule has 0 saturated heterocycles. The van der Waals surface area contributed by atoms with Crippen molar-refractivity contribution >= 4 is 23.7 Å². The summed E-state index contributed by atoms with van der Waals surface area (Å²) in [5.74, 6) is 2.23. The zero-order valence-electron chi connectivity index (χ0n) is 21.3. The van der Waals surface area contributed by atoms with E-state index in [1.807, 2.05) is 51.1 Å². The highest BCUT2D eigenvalue weighted by molar-refractivity contribution is 7.99. The highest BCUT2D eigenvalue weighted by Gasteiger charge is 2.35. The number of carbonyl (C=O) groups excluding carboxylic acids is 1. The van der Waals surface area contributed by atoms with Gasteiger partial charge < -0.3 is 19.5 Å². The van der Waals surface area contributed by atoms with Gasteiger partial charge in [0.1, 0.15) is 12.6 Å². The summed E-state index contributed by atoms with van der Waals surface area (Å²) >= 11 is 1.54. The number of ether oxygens (including phenoxy) is 3. The maximum Gasteiger partial charge on any atom is 0.338 e. The second kappa shape index (κ2) is 11.5. The van der Waals surface area contributed by atoms with E-state index >= 15 is 0 Å². The van der Waals surface area contributed by atoms with Crippen LogP contribution in [0, 0.1) is 6.92 Å². The van der Waals surface area contributed by atoms with Crippen LogP contribution in [-0.2, 0) is 16.1 Å². The number of nitrogens with one attached hydrogen (secondary N) is 1. The molecule has 4 rings (SSSR count). The van der Waals surface area contributed by atoms with Crippen molar-refractivity contribution in [2.75, 3.05) is 24.8 Å². The van der Waals surface area contributed by atoms with E-state index in [4.69, 9.17) is 19.3 Å². The molecule has 0 fully saturated rings. The largest absolute Gasteiger partial charge is 0.493 e. The average molecular weight is 509 g/mol. The van der Waals surface area contributed by atoms with E-state index < -0.39 is 6.04 Å². The molecule has 9 heteroatoms. The molecule has 1 unspecified atom stereocenters. The predicted octanol–water partition coefficient (Wildman–Crippen LogP) is 5.53. The van der Waals surface area contributed by atoms with E-state index in [1.54, 1.807) is 23.6 Å². The topological polar surface area (TPSA) is 87.5 Å². The summed E-state index contributed by atoms with van der Waals surface area (Å²) in [7, 11) is 1.61. The van der Waals surface area contributed by atoms with Crippen LogP contribution in [0.25, 0.3) is 0 Å². The van der Waals surface area contributed by atoms with E-state index in [0.717, 1.165) is 23.3 Å². The Bertz CT molecular complexity index is 1250. The van der Waals surface area contributed by atoms with E-state index in [2.05, 4.69) is 29.4 Å². The summed E-state index contributed by atoms with van der Waals surface area (Å²) in [6, 6.07) is 13.4. The van der Waals surface area contributed by atoms with Gasteiger partial charge in [-0.05, 0) is 49.3 Å². The molecule has 0 radical (unpaired) electrons. The van der Waals surface area contributed by atoms with Gasteiger partial charge in [0, 0.05) is 5.70 Å². The lowest BCUT2D eigenvalue weighted by Gasteiger charge is -2.28. The van der Waals surface area contributed by atoms with Gasteiger partial charge in [-0.25, -0.2) is 9.48 Å². The fourth-order valence-corrected chi connectivity index (χ4v) is 4.54. The third kappa shape index (κ3) is 5.51. The zero-order valence-corrected chi connectivity index (χ0v) is 22.1. The Hall–Kier alpha value is -3.46. The molecular weight excluding hydrogens is 476 g/mol. The molecule has 190 valence electrons. The molecule has 36 heavy (non-hydrogen) atoms. The van der Waals surface area contributed by atoms with Gasteiger partial charge in [0.2, 0.25) is 11.1 Å². The number of methoxy groups -OCH3 is 1. The molecule has 8 nitrogen and oxygen atoms in total. The van der Waals surface area contributed by atoms with Crippen LogP contribution in [-0.4, -0.2) is 40.2 Å². The second-order valence-corrected chi connectivity index (χ2v) is 9.71. The molecule has 1 N–H and O–H groups in total. The maximum atomic E-state index is 13.2. The van der Waals surface area contributed by atoms with Crippen molar-refractivity contribution in [1.82, 2.24) is 14.8 Å². The number of carbonyl (C=O) groups is 1. The van der Waals surface area contributed by atoms with E-state index in [0.29, 0.717) is 47.1 Å². The summed E-state index contributed by atoms with van der Waals surface area (Å²) in [4.78, 5) is 17.8. The lowest BCUT2D eigenvalue weighted by Crippen LogP contribution is -2.29. The number of anilines is 1. The van der Waals surface area contributed by atoms with Crippen LogP contribution >= 0.6 is 11.8 Å². The summed E-state index contributed by atoms with van der Waals surface area (Å²) in [5, 5.41) is 8.57. The number of nitrogens with zero attached hydrogens (tertiary/aromatic N) is 3. The van der Waals surface area contributed by atoms with Gasteiger partial charge in [-0.15, -0.1) is 5.10 Å². The van der Waals surface area contributed by atoms with Crippen LogP contribution in [0.4, 0.5) is 5.95 Å². The molecule has 2 heterocycles. The number of thioether (sulfide) groups is 1. The van der Waals surface area contributed by atoms with Crippen LogP contribution < -0.4 is 14.8 Å². The van der Waals surface area contributed by atoms with Crippen LogP contribution in [0.15, 0.2) is 58.9 Å². The van der Waals surface area contributed by atoms with Gasteiger partial charge in [0.15, 0.2) is 11.5 Å². The normalized spacial score (nSPS) is 14.8. The number of fused-ring (bicyclic) bond motifs is 1. The van der Waals surface area contributed by atoms with Crippen molar-refractivity contribution in [1.29, 1.82) is 0 Å². The molecule has 1 atom stereocenters. The van der Waals surface area contributed by atoms with Crippen LogP contribution in [0.1, 0.15) is 49.9 Å². The fraction of sp³-hybridized carbons (Fsp3) is 0.370. The average Bonchev–Trinajstić information content (AvgIpc) is 3.28. The zero-order chi connectivity index (χ0) is 25.7. The van der Waals surface area contributed by atoms with Gasteiger partial charge in [-0.2, -0.15) is 4.98 Å². The monoisotopic (exact) mass is 508 g/mol. The van der Waals surface area contributed by atoms with Crippen molar-refractivity contribution < 1.29 is 19.0 Å². The third-order valence-electron chi connectivity index (χ3n) is 5.78. The summed E-state index contributed by atoms with van der Waals surface area (Å²) < 4.78 is 19.0. The first-order valence-electron chi connectivity index (χ1n) is 12.1. The quantitative estimate of drug-likeness (QED) is 0.283. The second-order valence-electron chi connectivity index (χ2n) is 8.48. The molecule has 0 spiro atoms. The molecule has 2 aromatic carbocycles. The highest BCUT2D eigenvalue weighted by Crippen LogP contribution is 2.40. The molecule has 1 aromatic heterocycles. The van der Waals surface area contributed by atoms with Crippen LogP contribution in [0.5, 0.6) is 11.5 Å². The number of rotatable bonds is 10. The molecule has 1 aliphatic rings. The fourth-order valence-electron chi connectivity index (χ4n) is 3.99. The Labute approximate surface area is 216 Å². The summed E-state index contributed by atoms with van der Waals surface area (Å²) in [6.07, 6.45) is 0.739. The number of hydrogen-bond donors (Lipinski definition) is 1. The lowest BCUT2D eigenvalue weighted by atomic mass is 9.95. The Balaban J connectivity index is 1.70. The number of aryl methyl sites for hydroxylation is 1. The van der Waals surface area contributed by atoms with Crippen molar-refractivity contribution in [3.05, 3.63) is 70.4 Å². The minimum absolute atomic E-state index is 0.346. The van der Waals surface area contributed by atoms with Crippen LogP contribution in [0.2, 0.25) is 0 Å². The predicted molar refractivity (Wildman–Crippen MR) is 141 cm³/mol. The first kappa shape index (κ1) is 25.6. The highest BCUT2D eigenvalue weighted by atomic mass is 32.2. The smallest absolute Gasteiger partial charge is 0.338 e. The lowest BCUT2D eigenvalue weighted by molar-refractivity contribution is -0.139. The molecule has 3 aromatic rings. The van der Waals surface area contributed by atoms with Gasteiger partial charge in [0.05, 0.1) is 19.3 Å². The minimum Gasteiger partial charge on any atom is -0.493 e. The van der Waals surface area contributed by atoms with Crippen LogP contribution in [0.3, 0.4) is 0 Å². The molecule has 0 amide bonds. The first-order valence-corrected chi connectivity index (χ1v) is 13.0. The van der Waals surface area contributed by atoms with E-state index in [-0.39, 0.29) is 5.97 Å². The Morgan fingerprint density at radius 1 is 1.11 bits per heavy atom. The number of aromatic nitrogens is 3. The van der Waals surface area contributed by atoms with Crippen molar-refractivity contribution in [2.24, 2.45) is 0 Å². The minimum atomic E-state index is -0.524. The van der Waals surface area contributed by atoms with Crippen molar-refractivity contribution in [3.63, 3.8) is 0 Å². The standard InChI is InChI=1S/C27H32N4O4S/c1-6-14-34-25(32)23-18(4)28-26-29-27(36-7-2)30-31(26)24(23)20-12-13-21(22(15-20)33-5)35-16-19-10-8-17(3)9-11-19/h8-13,15,24H,6-7,14,16H2,1-5H3,(H,28,29,30). The van der Waals surface area contributed by atoms with E-state index in [9.17, 15) is 4.79 Å². The van der Waals surface area contributed by atoms with Crippen molar-refractivity contribution in [2.45, 2.75) is 51.9 Å². The first-order chi connectivity index (χ1) is 17.4. The summed E-state index contributed by atoms with van der Waals surface area (Å²) in [6.45, 7) is 8.69. The van der Waals surface area contributed by atoms with Crippen molar-refractivity contribution in [3.8, 4) is 11.5 Å². The van der Waals surface area contributed by atoms with Gasteiger partial charge >= 0.3 is 5.97 Å². The molecular formula is C27H32N4O4S. The molecule has 1 aliphatic heterocycles. The third-order valence-corrected chi connectivity index (χ3v) is 6.50. The molecule has 0 bridgehead atoms. The Morgan fingerprint density at radius 2 is 1.89 bits per heavy atom. The van der Waals surface area contributed by atoms with Gasteiger partial charge in [-0.1, -0.05) is 61.5 Å². The van der Waals surface area contributed by atoms with E-state index in [1.165, 1.54) is 5.56 Å². The number of hydrogen-bond acceptors (Lipinski definition) is 8. The Morgan fingerprint density at radius 3 is 2.58 bits per heavy atom. The molecule has 0 aliphatic carbocycles.